The Balaban J connectivity index is 2.49. The number of methoxy groups -OCH3 is 1. The second-order valence-electron chi connectivity index (χ2n) is 3.04. The van der Waals surface area contributed by atoms with Crippen molar-refractivity contribution >= 4 is 17.5 Å². The van der Waals surface area contributed by atoms with Crippen molar-refractivity contribution < 1.29 is 9.53 Å². The van der Waals surface area contributed by atoms with Crippen LogP contribution in [0.2, 0.25) is 0 Å². The van der Waals surface area contributed by atoms with Crippen LogP contribution in [-0.2, 0) is 9.53 Å². The van der Waals surface area contributed by atoms with Crippen LogP contribution in [0.15, 0.2) is 0 Å². The molecule has 0 amide bonds. The highest BCUT2D eigenvalue weighted by Crippen LogP contribution is 2.38. The lowest BCUT2D eigenvalue weighted by Gasteiger charge is -2.19. The summed E-state index contributed by atoms with van der Waals surface area (Å²) in [6.07, 6.45) is 2.18. The number of Topliss-reactive ketones (excluding diaryl/α,β-unsaturated/α-hetero) is 1. The van der Waals surface area contributed by atoms with Gasteiger partial charge in [-0.1, -0.05) is 0 Å². The number of ketones is 1. The average molecular weight is 174 g/mol. The van der Waals surface area contributed by atoms with Gasteiger partial charge in [-0.3, -0.25) is 4.79 Å². The molecular weight excluding hydrogens is 160 g/mol. The largest absolute Gasteiger partial charge is 0.377 e. The van der Waals surface area contributed by atoms with Crippen molar-refractivity contribution in [3.63, 3.8) is 0 Å². The third kappa shape index (κ3) is 1.97. The first kappa shape index (κ1) is 9.07. The average Bonchev–Trinajstić information content (AvgIpc) is 2.38. The maximum Gasteiger partial charge on any atom is 0.174 e. The molecule has 0 aliphatic carbocycles. The highest BCUT2D eigenvalue weighted by Gasteiger charge is 2.36. The van der Waals surface area contributed by atoms with Crippen LogP contribution in [-0.4, -0.2) is 30.0 Å². The predicted octanol–water partition coefficient (Wildman–Crippen LogP) is 1.49. The first-order chi connectivity index (χ1) is 5.19. The van der Waals surface area contributed by atoms with Crippen LogP contribution in [0, 0.1) is 0 Å². The number of thioether (sulfide) groups is 1. The third-order valence-corrected chi connectivity index (χ3v) is 3.65. The van der Waals surface area contributed by atoms with Gasteiger partial charge in [0, 0.05) is 7.11 Å². The quantitative estimate of drug-likeness (QED) is 0.648. The summed E-state index contributed by atoms with van der Waals surface area (Å²) in [6, 6.07) is 0. The van der Waals surface area contributed by atoms with E-state index in [0.29, 0.717) is 0 Å². The molecule has 0 bridgehead atoms. The molecule has 1 atom stereocenters. The summed E-state index contributed by atoms with van der Waals surface area (Å²) in [5, 5.41) is 0. The highest BCUT2D eigenvalue weighted by molar-refractivity contribution is 8.01. The Labute approximate surface area is 71.7 Å². The van der Waals surface area contributed by atoms with Crippen molar-refractivity contribution in [1.29, 1.82) is 0 Å². The molecule has 1 saturated heterocycles. The van der Waals surface area contributed by atoms with E-state index in [1.165, 1.54) is 0 Å². The van der Waals surface area contributed by atoms with Crippen molar-refractivity contribution in [1.82, 2.24) is 0 Å². The monoisotopic (exact) mass is 174 g/mol. The molecule has 0 N–H and O–H groups in total. The molecule has 0 aromatic heterocycles. The van der Waals surface area contributed by atoms with Gasteiger partial charge < -0.3 is 4.74 Å². The highest BCUT2D eigenvalue weighted by atomic mass is 32.2. The summed E-state index contributed by atoms with van der Waals surface area (Å²) < 4.78 is 4.68. The first-order valence-electron chi connectivity index (χ1n) is 3.85. The Kier molecular flexibility index (Phi) is 2.96. The van der Waals surface area contributed by atoms with E-state index in [4.69, 9.17) is 4.74 Å². The van der Waals surface area contributed by atoms with Gasteiger partial charge in [-0.15, -0.1) is 11.8 Å². The molecule has 1 aliphatic rings. The van der Waals surface area contributed by atoms with Gasteiger partial charge in [0.1, 0.15) is 6.61 Å². The molecule has 0 aromatic rings. The van der Waals surface area contributed by atoms with E-state index in [2.05, 4.69) is 0 Å². The Morgan fingerprint density at radius 2 is 2.45 bits per heavy atom. The SMILES string of the molecule is COCC(=O)C1(C)CCCS1. The van der Waals surface area contributed by atoms with Gasteiger partial charge in [0.15, 0.2) is 5.78 Å². The summed E-state index contributed by atoms with van der Waals surface area (Å²) in [4.78, 5) is 11.4. The maximum absolute atomic E-state index is 11.4. The molecule has 3 heteroatoms. The Hall–Kier alpha value is -0.0200. The number of carbonyl (C=O) groups excluding carboxylic acids is 1. The van der Waals surface area contributed by atoms with Crippen LogP contribution in [0.5, 0.6) is 0 Å². The van der Waals surface area contributed by atoms with Crippen LogP contribution in [0.3, 0.4) is 0 Å². The standard InChI is InChI=1S/C8H14O2S/c1-8(4-3-5-11-8)7(9)6-10-2/h3-6H2,1-2H3. The van der Waals surface area contributed by atoms with Crippen LogP contribution in [0.1, 0.15) is 19.8 Å². The zero-order valence-corrected chi connectivity index (χ0v) is 7.87. The summed E-state index contributed by atoms with van der Waals surface area (Å²) in [5.41, 5.74) is 0. The van der Waals surface area contributed by atoms with Crippen LogP contribution >= 0.6 is 11.8 Å². The minimum absolute atomic E-state index is 0.143. The minimum atomic E-state index is -0.143. The molecule has 64 valence electrons. The lowest BCUT2D eigenvalue weighted by atomic mass is 10.0. The van der Waals surface area contributed by atoms with Crippen molar-refractivity contribution in [3.8, 4) is 0 Å². The molecule has 0 spiro atoms. The van der Waals surface area contributed by atoms with E-state index < -0.39 is 0 Å². The molecule has 11 heavy (non-hydrogen) atoms. The molecule has 2 nitrogen and oxygen atoms in total. The van der Waals surface area contributed by atoms with Crippen LogP contribution in [0.4, 0.5) is 0 Å². The molecule has 0 saturated carbocycles. The van der Waals surface area contributed by atoms with Crippen molar-refractivity contribution in [2.45, 2.75) is 24.5 Å². The lowest BCUT2D eigenvalue weighted by molar-refractivity contribution is -0.124. The summed E-state index contributed by atoms with van der Waals surface area (Å²) >= 11 is 1.76. The summed E-state index contributed by atoms with van der Waals surface area (Å²) in [7, 11) is 1.57. The van der Waals surface area contributed by atoms with E-state index in [0.717, 1.165) is 18.6 Å². The predicted molar refractivity (Wildman–Crippen MR) is 47.0 cm³/mol. The Bertz CT molecular complexity index is 150. The topological polar surface area (TPSA) is 26.3 Å². The summed E-state index contributed by atoms with van der Waals surface area (Å²) in [6.45, 7) is 2.29. The zero-order chi connectivity index (χ0) is 8.32. The molecule has 1 unspecified atom stereocenters. The van der Waals surface area contributed by atoms with E-state index in [1.54, 1.807) is 18.9 Å². The van der Waals surface area contributed by atoms with Crippen molar-refractivity contribution in [2.24, 2.45) is 0 Å². The number of hydrogen-bond acceptors (Lipinski definition) is 3. The second-order valence-corrected chi connectivity index (χ2v) is 4.64. The van der Waals surface area contributed by atoms with E-state index in [1.807, 2.05) is 6.92 Å². The summed E-state index contributed by atoms with van der Waals surface area (Å²) in [5.74, 6) is 1.36. The molecular formula is C8H14O2S. The van der Waals surface area contributed by atoms with Gasteiger partial charge in [-0.25, -0.2) is 0 Å². The number of carbonyl (C=O) groups is 1. The fourth-order valence-electron chi connectivity index (χ4n) is 1.28. The van der Waals surface area contributed by atoms with Crippen molar-refractivity contribution in [3.05, 3.63) is 0 Å². The third-order valence-electron chi connectivity index (χ3n) is 2.08. The molecule has 1 rings (SSSR count). The number of ether oxygens (including phenoxy) is 1. The number of hydrogen-bond donors (Lipinski definition) is 0. The van der Waals surface area contributed by atoms with Gasteiger partial charge in [-0.05, 0) is 25.5 Å². The van der Waals surface area contributed by atoms with Gasteiger partial charge in [0.2, 0.25) is 0 Å². The van der Waals surface area contributed by atoms with E-state index >= 15 is 0 Å². The van der Waals surface area contributed by atoms with Gasteiger partial charge >= 0.3 is 0 Å². The molecule has 1 fully saturated rings. The van der Waals surface area contributed by atoms with Gasteiger partial charge in [-0.2, -0.15) is 0 Å². The lowest BCUT2D eigenvalue weighted by Crippen LogP contribution is -2.31. The number of rotatable bonds is 3. The molecule has 1 aliphatic heterocycles. The zero-order valence-electron chi connectivity index (χ0n) is 7.05. The fourth-order valence-corrected chi connectivity index (χ4v) is 2.53. The fraction of sp³-hybridized carbons (Fsp3) is 0.875. The maximum atomic E-state index is 11.4. The van der Waals surface area contributed by atoms with Crippen LogP contribution in [0.25, 0.3) is 0 Å². The molecule has 1 heterocycles. The molecule has 0 radical (unpaired) electrons. The Morgan fingerprint density at radius 1 is 1.73 bits per heavy atom. The van der Waals surface area contributed by atoms with Gasteiger partial charge in [0.25, 0.3) is 0 Å². The Morgan fingerprint density at radius 3 is 2.91 bits per heavy atom. The van der Waals surface area contributed by atoms with E-state index in [9.17, 15) is 4.79 Å². The minimum Gasteiger partial charge on any atom is -0.377 e. The first-order valence-corrected chi connectivity index (χ1v) is 4.84. The van der Waals surface area contributed by atoms with E-state index in [-0.39, 0.29) is 17.1 Å². The second kappa shape index (κ2) is 3.59. The van der Waals surface area contributed by atoms with Gasteiger partial charge in [0.05, 0.1) is 4.75 Å². The molecule has 0 aromatic carbocycles. The normalized spacial score (nSPS) is 30.7. The smallest absolute Gasteiger partial charge is 0.174 e. The van der Waals surface area contributed by atoms with Crippen LogP contribution < -0.4 is 0 Å². The van der Waals surface area contributed by atoms with Crippen molar-refractivity contribution in [2.75, 3.05) is 19.5 Å².